The van der Waals surface area contributed by atoms with Crippen molar-refractivity contribution in [2.45, 2.75) is 23.3 Å². The highest BCUT2D eigenvalue weighted by Crippen LogP contribution is 2.23. The molecule has 9 nitrogen and oxygen atoms in total. The van der Waals surface area contributed by atoms with E-state index in [1.54, 1.807) is 42.2 Å². The third-order valence-electron chi connectivity index (χ3n) is 4.40. The van der Waals surface area contributed by atoms with Gasteiger partial charge in [0.25, 0.3) is 0 Å². The second-order valence-electron chi connectivity index (χ2n) is 6.50. The molecule has 31 heavy (non-hydrogen) atoms. The van der Waals surface area contributed by atoms with E-state index in [4.69, 9.17) is 4.74 Å². The van der Waals surface area contributed by atoms with Crippen molar-refractivity contribution in [1.82, 2.24) is 19.9 Å². The molecule has 0 unspecified atom stereocenters. The lowest BCUT2D eigenvalue weighted by Crippen LogP contribution is -2.23. The summed E-state index contributed by atoms with van der Waals surface area (Å²) in [6, 6.07) is 7.70. The molecular formula is C21H21N5O4S. The highest BCUT2D eigenvalue weighted by Gasteiger charge is 2.19. The fourth-order valence-corrected chi connectivity index (χ4v) is 3.93. The number of hydrogen-bond acceptors (Lipinski definition) is 7. The van der Waals surface area contributed by atoms with Crippen LogP contribution < -0.4 is 10.1 Å². The van der Waals surface area contributed by atoms with Gasteiger partial charge in [0.2, 0.25) is 21.7 Å². The Bertz CT molecular complexity index is 1230. The van der Waals surface area contributed by atoms with Gasteiger partial charge < -0.3 is 10.1 Å². The molecule has 0 fully saturated rings. The number of sulfone groups is 1. The number of carbonyl (C=O) groups is 1. The normalized spacial score (nSPS) is 11.7. The van der Waals surface area contributed by atoms with E-state index in [0.29, 0.717) is 17.3 Å². The second-order valence-corrected chi connectivity index (χ2v) is 8.44. The molecule has 0 saturated carbocycles. The van der Waals surface area contributed by atoms with Gasteiger partial charge in [-0.1, -0.05) is 12.1 Å². The van der Waals surface area contributed by atoms with Crippen LogP contribution in [0.2, 0.25) is 0 Å². The minimum atomic E-state index is -3.73. The van der Waals surface area contributed by atoms with Crippen LogP contribution in [0.4, 0.5) is 5.95 Å². The molecule has 160 valence electrons. The molecule has 0 aliphatic rings. The van der Waals surface area contributed by atoms with Crippen LogP contribution in [0.15, 0.2) is 75.5 Å². The number of nitrogens with zero attached hydrogens (tertiary/aromatic N) is 4. The highest BCUT2D eigenvalue weighted by atomic mass is 32.2. The summed E-state index contributed by atoms with van der Waals surface area (Å²) in [5.41, 5.74) is 1.20. The van der Waals surface area contributed by atoms with Gasteiger partial charge in [-0.05, 0) is 31.3 Å². The summed E-state index contributed by atoms with van der Waals surface area (Å²) in [5.74, 6) is 0.466. The standard InChI is InChI=1S/C21H21N5O4S/c1-15(14-26-9-8-24-21(26)22-2)20(27)25-11-16-4-6-18(7-5-16)31(28,29)19-10-17(30-3)12-23-13-19/h4-10,12-14H,2,11H2,1,3H3,(H,25,27)/b15-14+. The summed E-state index contributed by atoms with van der Waals surface area (Å²) in [7, 11) is -2.29. The average Bonchev–Trinajstić information content (AvgIpc) is 3.24. The Hall–Kier alpha value is -3.79. The van der Waals surface area contributed by atoms with Crippen molar-refractivity contribution < 1.29 is 17.9 Å². The Morgan fingerprint density at radius 3 is 2.68 bits per heavy atom. The molecular weight excluding hydrogens is 418 g/mol. The molecule has 0 saturated heterocycles. The van der Waals surface area contributed by atoms with Gasteiger partial charge in [0, 0.05) is 43.0 Å². The third-order valence-corrected chi connectivity index (χ3v) is 6.14. The molecule has 2 heterocycles. The SMILES string of the molecule is C=Nc1nccn1/C=C(\C)C(=O)NCc1ccc(S(=O)(=O)c2cncc(OC)c2)cc1. The van der Waals surface area contributed by atoms with E-state index >= 15 is 0 Å². The van der Waals surface area contributed by atoms with Gasteiger partial charge in [0.1, 0.15) is 5.75 Å². The number of aromatic nitrogens is 3. The van der Waals surface area contributed by atoms with Crippen LogP contribution >= 0.6 is 0 Å². The van der Waals surface area contributed by atoms with E-state index in [1.165, 1.54) is 37.7 Å². The van der Waals surface area contributed by atoms with Crippen LogP contribution in [0.1, 0.15) is 12.5 Å². The van der Waals surface area contributed by atoms with Crippen molar-refractivity contribution in [1.29, 1.82) is 0 Å². The van der Waals surface area contributed by atoms with Crippen LogP contribution in [0.3, 0.4) is 0 Å². The van der Waals surface area contributed by atoms with Crippen molar-refractivity contribution in [3.8, 4) is 5.75 Å². The molecule has 2 aromatic heterocycles. The quantitative estimate of drug-likeness (QED) is 0.426. The Balaban J connectivity index is 1.68. The number of benzene rings is 1. The predicted octanol–water partition coefficient (Wildman–Crippen LogP) is 2.63. The zero-order valence-corrected chi connectivity index (χ0v) is 17.8. The van der Waals surface area contributed by atoms with Crippen molar-refractivity contribution in [3.05, 3.63) is 66.3 Å². The minimum absolute atomic E-state index is 0.0431. The van der Waals surface area contributed by atoms with Crippen molar-refractivity contribution in [3.63, 3.8) is 0 Å². The maximum absolute atomic E-state index is 12.8. The highest BCUT2D eigenvalue weighted by molar-refractivity contribution is 7.91. The van der Waals surface area contributed by atoms with Gasteiger partial charge in [-0.2, -0.15) is 0 Å². The van der Waals surface area contributed by atoms with Crippen LogP contribution in [0.5, 0.6) is 5.75 Å². The van der Waals surface area contributed by atoms with Crippen LogP contribution in [-0.2, 0) is 21.2 Å². The largest absolute Gasteiger partial charge is 0.495 e. The van der Waals surface area contributed by atoms with Crippen molar-refractivity contribution in [2.24, 2.45) is 4.99 Å². The molecule has 0 spiro atoms. The zero-order chi connectivity index (χ0) is 22.4. The van der Waals surface area contributed by atoms with Gasteiger partial charge in [-0.15, -0.1) is 0 Å². The molecule has 0 atom stereocenters. The van der Waals surface area contributed by atoms with E-state index in [0.717, 1.165) is 5.56 Å². The molecule has 10 heteroatoms. The maximum atomic E-state index is 12.8. The number of carbonyl (C=O) groups excluding carboxylic acids is 1. The molecule has 0 aliphatic carbocycles. The van der Waals surface area contributed by atoms with E-state index in [9.17, 15) is 13.2 Å². The predicted molar refractivity (Wildman–Crippen MR) is 116 cm³/mol. The lowest BCUT2D eigenvalue weighted by Gasteiger charge is -2.09. The lowest BCUT2D eigenvalue weighted by molar-refractivity contribution is -0.117. The van der Waals surface area contributed by atoms with E-state index in [2.05, 4.69) is 27.0 Å². The lowest BCUT2D eigenvalue weighted by atomic mass is 10.2. The fourth-order valence-electron chi connectivity index (χ4n) is 2.70. The van der Waals surface area contributed by atoms with Crippen molar-refractivity contribution in [2.75, 3.05) is 7.11 Å². The smallest absolute Gasteiger partial charge is 0.248 e. The first-order chi connectivity index (χ1) is 14.8. The Labute approximate surface area is 180 Å². The van der Waals surface area contributed by atoms with Crippen LogP contribution in [0, 0.1) is 0 Å². The summed E-state index contributed by atoms with van der Waals surface area (Å²) in [6.07, 6.45) is 7.53. The first-order valence-corrected chi connectivity index (χ1v) is 10.6. The zero-order valence-electron chi connectivity index (χ0n) is 17.0. The number of ether oxygens (including phenoxy) is 1. The summed E-state index contributed by atoms with van der Waals surface area (Å²) in [6.45, 7) is 5.33. The van der Waals surface area contributed by atoms with Gasteiger partial charge in [-0.25, -0.2) is 18.4 Å². The van der Waals surface area contributed by atoms with Gasteiger partial charge in [0.05, 0.1) is 23.1 Å². The number of hydrogen-bond donors (Lipinski definition) is 1. The van der Waals surface area contributed by atoms with E-state index < -0.39 is 9.84 Å². The van der Waals surface area contributed by atoms with Crippen LogP contribution in [-0.4, -0.2) is 42.7 Å². The molecule has 1 amide bonds. The topological polar surface area (TPSA) is 116 Å². The molecule has 0 radical (unpaired) electrons. The van der Waals surface area contributed by atoms with Gasteiger partial charge in [0.15, 0.2) is 0 Å². The number of amides is 1. The van der Waals surface area contributed by atoms with E-state index in [-0.39, 0.29) is 22.2 Å². The maximum Gasteiger partial charge on any atom is 0.248 e. The third kappa shape index (κ3) is 5.04. The number of rotatable bonds is 8. The summed E-state index contributed by atoms with van der Waals surface area (Å²) < 4.78 is 32.2. The molecule has 1 N–H and O–H groups in total. The monoisotopic (exact) mass is 439 g/mol. The van der Waals surface area contributed by atoms with E-state index in [1.807, 2.05) is 0 Å². The number of pyridine rings is 1. The summed E-state index contributed by atoms with van der Waals surface area (Å²) in [4.78, 5) is 24.2. The summed E-state index contributed by atoms with van der Waals surface area (Å²) in [5, 5.41) is 2.79. The number of imidazole rings is 1. The molecule has 1 aromatic carbocycles. The fraction of sp³-hybridized carbons (Fsp3) is 0.143. The number of aliphatic imine (C=N–C) groups is 1. The van der Waals surface area contributed by atoms with Crippen LogP contribution in [0.25, 0.3) is 6.20 Å². The molecule has 3 rings (SSSR count). The minimum Gasteiger partial charge on any atom is -0.495 e. The molecule has 0 bridgehead atoms. The van der Waals surface area contributed by atoms with Gasteiger partial charge >= 0.3 is 0 Å². The van der Waals surface area contributed by atoms with Crippen molar-refractivity contribution >= 4 is 34.6 Å². The Morgan fingerprint density at radius 2 is 2.00 bits per heavy atom. The van der Waals surface area contributed by atoms with Gasteiger partial charge in [-0.3, -0.25) is 14.3 Å². The number of nitrogens with one attached hydrogen (secondary N) is 1. The first kappa shape index (κ1) is 21.9. The molecule has 3 aromatic rings. The Morgan fingerprint density at radius 1 is 1.26 bits per heavy atom. The Kier molecular flexibility index (Phi) is 6.61. The second kappa shape index (κ2) is 9.35. The average molecular weight is 439 g/mol. The molecule has 0 aliphatic heterocycles. The summed E-state index contributed by atoms with van der Waals surface area (Å²) >= 11 is 0. The first-order valence-electron chi connectivity index (χ1n) is 9.14. The number of methoxy groups -OCH3 is 1.